The molecule has 28 heavy (non-hydrogen) atoms. The second kappa shape index (κ2) is 7.82. The van der Waals surface area contributed by atoms with E-state index in [4.69, 9.17) is 0 Å². The SMILES string of the molecule is CSCCn1c(=NC(=O)c2ccc3ncsc3c2)sc2cc([N+](=O)[O-])ccc21. The lowest BCUT2D eigenvalue weighted by atomic mass is 10.2. The predicted octanol–water partition coefficient (Wildman–Crippen LogP) is 4.32. The molecular formula is C18H14N4O3S3. The lowest BCUT2D eigenvalue weighted by Crippen LogP contribution is -2.18. The number of non-ortho nitro benzene ring substituents is 1. The first kappa shape index (κ1) is 18.8. The Kier molecular flexibility index (Phi) is 5.25. The maximum Gasteiger partial charge on any atom is 0.279 e. The highest BCUT2D eigenvalue weighted by Gasteiger charge is 2.13. The van der Waals surface area contributed by atoms with Gasteiger partial charge in [-0.15, -0.1) is 11.3 Å². The van der Waals surface area contributed by atoms with Crippen LogP contribution < -0.4 is 4.80 Å². The number of thiazole rings is 2. The molecule has 0 spiro atoms. The number of nitro groups is 1. The Morgan fingerprint density at radius 2 is 2.14 bits per heavy atom. The van der Waals surface area contributed by atoms with E-state index >= 15 is 0 Å². The first-order valence-electron chi connectivity index (χ1n) is 8.26. The van der Waals surface area contributed by atoms with Crippen molar-refractivity contribution in [2.45, 2.75) is 6.54 Å². The van der Waals surface area contributed by atoms with Crippen molar-refractivity contribution < 1.29 is 9.72 Å². The molecule has 0 aliphatic rings. The number of amides is 1. The highest BCUT2D eigenvalue weighted by atomic mass is 32.2. The quantitative estimate of drug-likeness (QED) is 0.347. The van der Waals surface area contributed by atoms with E-state index < -0.39 is 4.92 Å². The number of thioether (sulfide) groups is 1. The molecule has 10 heteroatoms. The first-order chi connectivity index (χ1) is 13.6. The van der Waals surface area contributed by atoms with Gasteiger partial charge in [0.15, 0.2) is 4.80 Å². The summed E-state index contributed by atoms with van der Waals surface area (Å²) in [5.74, 6) is 0.506. The van der Waals surface area contributed by atoms with Gasteiger partial charge >= 0.3 is 0 Å². The molecule has 7 nitrogen and oxygen atoms in total. The molecule has 0 unspecified atom stereocenters. The van der Waals surface area contributed by atoms with E-state index in [0.29, 0.717) is 16.9 Å². The van der Waals surface area contributed by atoms with Crippen LogP contribution in [0.1, 0.15) is 10.4 Å². The van der Waals surface area contributed by atoms with Crippen LogP contribution >= 0.6 is 34.4 Å². The van der Waals surface area contributed by atoms with Crippen molar-refractivity contribution >= 4 is 66.5 Å². The van der Waals surface area contributed by atoms with Crippen molar-refractivity contribution in [1.29, 1.82) is 0 Å². The number of carbonyl (C=O) groups is 1. The molecule has 0 saturated heterocycles. The van der Waals surface area contributed by atoms with Crippen LogP contribution in [0.2, 0.25) is 0 Å². The standard InChI is InChI=1S/C18H14N4O3S3/c1-26-7-6-21-14-5-3-12(22(24)25)9-16(14)28-18(21)20-17(23)11-2-4-13-15(8-11)27-10-19-13/h2-5,8-10H,6-7H2,1H3. The highest BCUT2D eigenvalue weighted by molar-refractivity contribution is 7.98. The van der Waals surface area contributed by atoms with E-state index in [0.717, 1.165) is 26.2 Å². The number of benzene rings is 2. The van der Waals surface area contributed by atoms with Crippen LogP contribution in [0, 0.1) is 10.1 Å². The Balaban J connectivity index is 1.82. The van der Waals surface area contributed by atoms with Crippen LogP contribution in [0.25, 0.3) is 20.4 Å². The second-order valence-electron chi connectivity index (χ2n) is 5.89. The summed E-state index contributed by atoms with van der Waals surface area (Å²) >= 11 is 4.45. The number of aryl methyl sites for hydroxylation is 1. The summed E-state index contributed by atoms with van der Waals surface area (Å²) in [5.41, 5.74) is 3.96. The van der Waals surface area contributed by atoms with Gasteiger partial charge in [0.1, 0.15) is 0 Å². The van der Waals surface area contributed by atoms with Gasteiger partial charge in [-0.25, -0.2) is 4.98 Å². The van der Waals surface area contributed by atoms with Crippen LogP contribution in [0.4, 0.5) is 5.69 Å². The summed E-state index contributed by atoms with van der Waals surface area (Å²) in [4.78, 5) is 32.5. The van der Waals surface area contributed by atoms with E-state index in [-0.39, 0.29) is 11.6 Å². The smallest absolute Gasteiger partial charge is 0.279 e. The molecule has 142 valence electrons. The third-order valence-corrected chi connectivity index (χ3v) is 6.60. The zero-order chi connectivity index (χ0) is 19.7. The molecule has 1 amide bonds. The molecule has 4 aromatic rings. The maximum absolute atomic E-state index is 12.8. The van der Waals surface area contributed by atoms with Gasteiger partial charge in [-0.05, 0) is 30.5 Å². The van der Waals surface area contributed by atoms with Crippen LogP contribution in [-0.2, 0) is 6.54 Å². The molecule has 0 aliphatic carbocycles. The molecule has 0 bridgehead atoms. The van der Waals surface area contributed by atoms with Crippen LogP contribution in [0.5, 0.6) is 0 Å². The van der Waals surface area contributed by atoms with Gasteiger partial charge in [-0.1, -0.05) is 11.3 Å². The number of nitrogens with zero attached hydrogens (tertiary/aromatic N) is 4. The van der Waals surface area contributed by atoms with Crippen LogP contribution in [0.15, 0.2) is 46.9 Å². The third kappa shape index (κ3) is 3.58. The van der Waals surface area contributed by atoms with Crippen LogP contribution in [0.3, 0.4) is 0 Å². The number of hydrogen-bond acceptors (Lipinski definition) is 7. The number of nitro benzene ring substituents is 1. The monoisotopic (exact) mass is 430 g/mol. The number of carbonyl (C=O) groups excluding carboxylic acids is 1. The summed E-state index contributed by atoms with van der Waals surface area (Å²) in [7, 11) is 0. The summed E-state index contributed by atoms with van der Waals surface area (Å²) in [6, 6.07) is 10.1. The Morgan fingerprint density at radius 3 is 2.93 bits per heavy atom. The lowest BCUT2D eigenvalue weighted by molar-refractivity contribution is -0.384. The Labute approximate surface area is 171 Å². The van der Waals surface area contributed by atoms with Gasteiger partial charge in [0.05, 0.1) is 30.9 Å². The van der Waals surface area contributed by atoms with Gasteiger partial charge in [0, 0.05) is 30.0 Å². The van der Waals surface area contributed by atoms with Crippen molar-refractivity contribution in [2.24, 2.45) is 4.99 Å². The number of rotatable bonds is 5. The fraction of sp³-hybridized carbons (Fsp3) is 0.167. The summed E-state index contributed by atoms with van der Waals surface area (Å²) in [5, 5.41) is 11.1. The molecule has 0 fully saturated rings. The molecule has 0 N–H and O–H groups in total. The summed E-state index contributed by atoms with van der Waals surface area (Å²) in [6.45, 7) is 0.666. The topological polar surface area (TPSA) is 90.4 Å². The minimum atomic E-state index is -0.419. The van der Waals surface area contributed by atoms with E-state index in [2.05, 4.69) is 9.98 Å². The van der Waals surface area contributed by atoms with Gasteiger partial charge in [0.25, 0.3) is 11.6 Å². The average molecular weight is 431 g/mol. The largest absolute Gasteiger partial charge is 0.315 e. The predicted molar refractivity (Wildman–Crippen MR) is 114 cm³/mol. The Hall–Kier alpha value is -2.56. The van der Waals surface area contributed by atoms with Crippen molar-refractivity contribution in [3.05, 3.63) is 62.4 Å². The Morgan fingerprint density at radius 1 is 1.29 bits per heavy atom. The minimum Gasteiger partial charge on any atom is -0.315 e. The first-order valence-corrected chi connectivity index (χ1v) is 11.3. The van der Waals surface area contributed by atoms with Crippen molar-refractivity contribution in [2.75, 3.05) is 12.0 Å². The van der Waals surface area contributed by atoms with Gasteiger partial charge in [-0.2, -0.15) is 16.8 Å². The minimum absolute atomic E-state index is 0.0271. The molecular weight excluding hydrogens is 416 g/mol. The molecule has 2 aromatic heterocycles. The zero-order valence-electron chi connectivity index (χ0n) is 14.7. The molecule has 0 radical (unpaired) electrons. The summed E-state index contributed by atoms with van der Waals surface area (Å²) < 4.78 is 3.62. The Bertz CT molecular complexity index is 1270. The normalized spacial score (nSPS) is 12.1. The third-order valence-electron chi connectivity index (χ3n) is 4.17. The zero-order valence-corrected chi connectivity index (χ0v) is 17.1. The van der Waals surface area contributed by atoms with Crippen molar-refractivity contribution in [3.8, 4) is 0 Å². The molecule has 0 atom stereocenters. The number of fused-ring (bicyclic) bond motifs is 2. The highest BCUT2D eigenvalue weighted by Crippen LogP contribution is 2.24. The van der Waals surface area contributed by atoms with E-state index in [1.807, 2.05) is 16.9 Å². The van der Waals surface area contributed by atoms with Gasteiger partial charge in [0.2, 0.25) is 0 Å². The van der Waals surface area contributed by atoms with Crippen molar-refractivity contribution in [1.82, 2.24) is 9.55 Å². The number of hydrogen-bond donors (Lipinski definition) is 0. The average Bonchev–Trinajstić information content (AvgIpc) is 3.29. The van der Waals surface area contributed by atoms with Crippen molar-refractivity contribution in [3.63, 3.8) is 0 Å². The fourth-order valence-electron chi connectivity index (χ4n) is 2.80. The number of aromatic nitrogens is 2. The molecule has 0 saturated carbocycles. The van der Waals surface area contributed by atoms with Gasteiger partial charge in [-0.3, -0.25) is 14.9 Å². The van der Waals surface area contributed by atoms with Crippen LogP contribution in [-0.4, -0.2) is 32.4 Å². The lowest BCUT2D eigenvalue weighted by Gasteiger charge is -2.03. The van der Waals surface area contributed by atoms with E-state index in [1.54, 1.807) is 35.5 Å². The molecule has 0 aliphatic heterocycles. The van der Waals surface area contributed by atoms with E-state index in [9.17, 15) is 14.9 Å². The molecule has 2 aromatic carbocycles. The van der Waals surface area contributed by atoms with E-state index in [1.165, 1.54) is 34.8 Å². The molecule has 2 heterocycles. The second-order valence-corrected chi connectivity index (χ2v) is 8.77. The fourth-order valence-corrected chi connectivity index (χ4v) is 4.97. The van der Waals surface area contributed by atoms with Gasteiger partial charge < -0.3 is 4.57 Å². The molecule has 4 rings (SSSR count). The maximum atomic E-state index is 12.8. The summed E-state index contributed by atoms with van der Waals surface area (Å²) in [6.07, 6.45) is 2.01.